The van der Waals surface area contributed by atoms with Crippen LogP contribution in [0, 0.1) is 5.92 Å². The molecule has 1 N–H and O–H groups in total. The number of ether oxygens (including phenoxy) is 1. The zero-order chi connectivity index (χ0) is 17.9. The number of amides is 1. The van der Waals surface area contributed by atoms with Crippen molar-refractivity contribution in [2.24, 2.45) is 5.92 Å². The van der Waals surface area contributed by atoms with E-state index >= 15 is 0 Å². The van der Waals surface area contributed by atoms with Gasteiger partial charge in [0.15, 0.2) is 0 Å². The summed E-state index contributed by atoms with van der Waals surface area (Å²) in [7, 11) is 1.63. The van der Waals surface area contributed by atoms with Gasteiger partial charge in [0.25, 0.3) is 0 Å². The molecule has 2 fully saturated rings. The van der Waals surface area contributed by atoms with Crippen molar-refractivity contribution in [3.05, 3.63) is 42.4 Å². The van der Waals surface area contributed by atoms with Crippen molar-refractivity contribution in [3.63, 3.8) is 0 Å². The first-order valence-corrected chi connectivity index (χ1v) is 9.25. The summed E-state index contributed by atoms with van der Waals surface area (Å²) in [5.74, 6) is 2.36. The zero-order valence-corrected chi connectivity index (χ0v) is 15.0. The van der Waals surface area contributed by atoms with Crippen LogP contribution < -0.4 is 15.0 Å². The number of aromatic nitrogens is 2. The van der Waals surface area contributed by atoms with Crippen LogP contribution in [0.4, 0.5) is 11.5 Å². The molecule has 0 spiro atoms. The summed E-state index contributed by atoms with van der Waals surface area (Å²) in [5, 5.41) is 3.02. The molecule has 0 bridgehead atoms. The predicted molar refractivity (Wildman–Crippen MR) is 101 cm³/mol. The van der Waals surface area contributed by atoms with Crippen LogP contribution in [0.25, 0.3) is 0 Å². The second-order valence-corrected chi connectivity index (χ2v) is 7.08. The molecule has 1 atom stereocenters. The third kappa shape index (κ3) is 3.79. The Balaban J connectivity index is 1.40. The van der Waals surface area contributed by atoms with Crippen LogP contribution in [-0.4, -0.2) is 36.1 Å². The maximum Gasteiger partial charge on any atom is 0.229 e. The summed E-state index contributed by atoms with van der Waals surface area (Å²) in [5.41, 5.74) is 1.94. The Labute approximate surface area is 153 Å². The molecule has 1 aromatic carbocycles. The first-order chi connectivity index (χ1) is 12.7. The van der Waals surface area contributed by atoms with E-state index in [0.717, 1.165) is 42.3 Å². The third-order valence-corrected chi connectivity index (χ3v) is 5.14. The molecule has 6 nitrogen and oxygen atoms in total. The molecule has 1 aromatic heterocycles. The van der Waals surface area contributed by atoms with Gasteiger partial charge in [-0.15, -0.1) is 0 Å². The van der Waals surface area contributed by atoms with Crippen LogP contribution >= 0.6 is 0 Å². The van der Waals surface area contributed by atoms with Gasteiger partial charge in [0, 0.05) is 36.5 Å². The quantitative estimate of drug-likeness (QED) is 0.895. The highest BCUT2D eigenvalue weighted by atomic mass is 16.5. The molecule has 2 heterocycles. The second-order valence-electron chi connectivity index (χ2n) is 7.08. The summed E-state index contributed by atoms with van der Waals surface area (Å²) in [6.07, 6.45) is 6.00. The Morgan fingerprint density at radius 1 is 1.19 bits per heavy atom. The van der Waals surface area contributed by atoms with E-state index in [-0.39, 0.29) is 11.8 Å². The van der Waals surface area contributed by atoms with Crippen LogP contribution in [0.15, 0.2) is 36.7 Å². The van der Waals surface area contributed by atoms with Gasteiger partial charge in [-0.1, -0.05) is 0 Å². The van der Waals surface area contributed by atoms with E-state index in [9.17, 15) is 4.79 Å². The smallest absolute Gasteiger partial charge is 0.229 e. The number of benzene rings is 1. The third-order valence-electron chi connectivity index (χ3n) is 5.14. The van der Waals surface area contributed by atoms with Gasteiger partial charge in [-0.05, 0) is 49.9 Å². The van der Waals surface area contributed by atoms with E-state index < -0.39 is 0 Å². The van der Waals surface area contributed by atoms with Gasteiger partial charge >= 0.3 is 0 Å². The fourth-order valence-corrected chi connectivity index (χ4v) is 3.45. The number of hydrogen-bond acceptors (Lipinski definition) is 5. The predicted octanol–water partition coefficient (Wildman–Crippen LogP) is 3.22. The highest BCUT2D eigenvalue weighted by molar-refractivity contribution is 5.93. The van der Waals surface area contributed by atoms with E-state index in [4.69, 9.17) is 4.74 Å². The molecule has 1 saturated carbocycles. The fraction of sp³-hybridized carbons (Fsp3) is 0.450. The molecule has 26 heavy (non-hydrogen) atoms. The lowest BCUT2D eigenvalue weighted by atomic mass is 9.97. The number of rotatable bonds is 5. The largest absolute Gasteiger partial charge is 0.497 e. The highest BCUT2D eigenvalue weighted by Crippen LogP contribution is 2.39. The average molecular weight is 352 g/mol. The molecular weight excluding hydrogens is 328 g/mol. The number of piperidine rings is 1. The molecule has 0 unspecified atom stereocenters. The monoisotopic (exact) mass is 352 g/mol. The van der Waals surface area contributed by atoms with Crippen LogP contribution in [-0.2, 0) is 4.79 Å². The topological polar surface area (TPSA) is 67.3 Å². The van der Waals surface area contributed by atoms with Crippen molar-refractivity contribution in [2.45, 2.75) is 31.6 Å². The Bertz CT molecular complexity index is 774. The molecule has 1 aliphatic heterocycles. The highest BCUT2D eigenvalue weighted by Gasteiger charge is 2.29. The minimum atomic E-state index is -0.0369. The van der Waals surface area contributed by atoms with Gasteiger partial charge in [-0.3, -0.25) is 4.79 Å². The van der Waals surface area contributed by atoms with Crippen LogP contribution in [0.3, 0.4) is 0 Å². The number of nitrogens with one attached hydrogen (secondary N) is 1. The number of carbonyl (C=O) groups excluding carboxylic acids is 1. The van der Waals surface area contributed by atoms with Gasteiger partial charge in [-0.25, -0.2) is 9.97 Å². The molecule has 1 aliphatic carbocycles. The Morgan fingerprint density at radius 2 is 2.00 bits per heavy atom. The van der Waals surface area contributed by atoms with Crippen molar-refractivity contribution in [1.82, 2.24) is 9.97 Å². The van der Waals surface area contributed by atoms with E-state index in [0.29, 0.717) is 12.5 Å². The maximum absolute atomic E-state index is 12.7. The van der Waals surface area contributed by atoms with E-state index in [1.54, 1.807) is 13.4 Å². The lowest BCUT2D eigenvalue weighted by Gasteiger charge is -2.33. The van der Waals surface area contributed by atoms with E-state index in [1.807, 2.05) is 24.3 Å². The van der Waals surface area contributed by atoms with Crippen molar-refractivity contribution in [3.8, 4) is 5.75 Å². The molecule has 4 rings (SSSR count). The van der Waals surface area contributed by atoms with Gasteiger partial charge in [0.2, 0.25) is 5.91 Å². The Kier molecular flexibility index (Phi) is 4.73. The van der Waals surface area contributed by atoms with E-state index in [1.165, 1.54) is 12.8 Å². The first kappa shape index (κ1) is 16.8. The Morgan fingerprint density at radius 3 is 2.73 bits per heavy atom. The lowest BCUT2D eigenvalue weighted by Crippen LogP contribution is -2.41. The summed E-state index contributed by atoms with van der Waals surface area (Å²) in [6.45, 7) is 1.64. The lowest BCUT2D eigenvalue weighted by molar-refractivity contribution is -0.120. The molecule has 0 radical (unpaired) electrons. The summed E-state index contributed by atoms with van der Waals surface area (Å²) >= 11 is 0. The molecule has 1 saturated heterocycles. The van der Waals surface area contributed by atoms with Crippen molar-refractivity contribution in [1.29, 1.82) is 0 Å². The van der Waals surface area contributed by atoms with Crippen molar-refractivity contribution in [2.75, 3.05) is 30.4 Å². The summed E-state index contributed by atoms with van der Waals surface area (Å²) < 4.78 is 5.15. The van der Waals surface area contributed by atoms with Crippen molar-refractivity contribution >= 4 is 17.4 Å². The molecular formula is C20H24N4O2. The SMILES string of the molecule is COc1ccc(NC(=O)[C@H]2CCCN(c3cc(C4CC4)ncn3)C2)cc1. The van der Waals surface area contributed by atoms with Crippen LogP contribution in [0.1, 0.15) is 37.3 Å². The van der Waals surface area contributed by atoms with Gasteiger partial charge in [0.05, 0.1) is 13.0 Å². The molecule has 1 amide bonds. The van der Waals surface area contributed by atoms with Crippen LogP contribution in [0.5, 0.6) is 5.75 Å². The van der Waals surface area contributed by atoms with Gasteiger partial charge in [0.1, 0.15) is 17.9 Å². The van der Waals surface area contributed by atoms with Crippen molar-refractivity contribution < 1.29 is 9.53 Å². The first-order valence-electron chi connectivity index (χ1n) is 9.25. The number of methoxy groups -OCH3 is 1. The zero-order valence-electron chi connectivity index (χ0n) is 15.0. The summed E-state index contributed by atoms with van der Waals surface area (Å²) in [4.78, 5) is 23.7. The molecule has 6 heteroatoms. The van der Waals surface area contributed by atoms with Crippen LogP contribution in [0.2, 0.25) is 0 Å². The van der Waals surface area contributed by atoms with Gasteiger partial charge < -0.3 is 15.0 Å². The van der Waals surface area contributed by atoms with Gasteiger partial charge in [-0.2, -0.15) is 0 Å². The molecule has 2 aromatic rings. The minimum Gasteiger partial charge on any atom is -0.497 e. The number of anilines is 2. The Hall–Kier alpha value is -2.63. The molecule has 136 valence electrons. The number of hydrogen-bond donors (Lipinski definition) is 1. The molecule has 2 aliphatic rings. The van der Waals surface area contributed by atoms with E-state index in [2.05, 4.69) is 26.3 Å². The second kappa shape index (κ2) is 7.32. The average Bonchev–Trinajstić information content (AvgIpc) is 3.54. The number of carbonyl (C=O) groups is 1. The maximum atomic E-state index is 12.7. The minimum absolute atomic E-state index is 0.0369. The summed E-state index contributed by atoms with van der Waals surface area (Å²) in [6, 6.07) is 9.53. The normalized spacial score (nSPS) is 19.9. The standard InChI is InChI=1S/C20H24N4O2/c1-26-17-8-6-16(7-9-17)23-20(25)15-3-2-10-24(12-15)19-11-18(14-4-5-14)21-13-22-19/h6-9,11,13-15H,2-5,10,12H2,1H3,(H,23,25)/t15-/m0/s1. The fourth-order valence-electron chi connectivity index (χ4n) is 3.45. The number of nitrogens with zero attached hydrogens (tertiary/aromatic N) is 3.